The van der Waals surface area contributed by atoms with Gasteiger partial charge in [-0.1, -0.05) is 42.5 Å². The Morgan fingerprint density at radius 3 is 2.41 bits per heavy atom. The Hall–Kier alpha value is -2.24. The van der Waals surface area contributed by atoms with Crippen LogP contribution in [0.2, 0.25) is 0 Å². The van der Waals surface area contributed by atoms with E-state index in [-0.39, 0.29) is 22.8 Å². The van der Waals surface area contributed by atoms with Gasteiger partial charge in [-0.3, -0.25) is 15.0 Å². The number of hydrogen-bond acceptors (Lipinski definition) is 4. The van der Waals surface area contributed by atoms with Gasteiger partial charge in [0.15, 0.2) is 0 Å². The maximum atomic E-state index is 11.2. The highest BCUT2D eigenvalue weighted by Crippen LogP contribution is 2.43. The third kappa shape index (κ3) is 2.49. The van der Waals surface area contributed by atoms with Crippen molar-refractivity contribution in [2.45, 2.75) is 25.3 Å². The van der Waals surface area contributed by atoms with Gasteiger partial charge in [-0.15, -0.1) is 0 Å². The summed E-state index contributed by atoms with van der Waals surface area (Å²) in [7, 11) is 1.94. The number of rotatable bonds is 3. The first kappa shape index (κ1) is 14.7. The fraction of sp³-hybridized carbons (Fsp3) is 0.294. The van der Waals surface area contributed by atoms with Crippen LogP contribution in [0.5, 0.6) is 0 Å². The molecule has 5 heteroatoms. The number of nitrogens with zero attached hydrogens (tertiary/aromatic N) is 2. The number of nitro groups is 1. The molecular weight excluding hydrogens is 280 g/mol. The molecule has 3 rings (SSSR count). The van der Waals surface area contributed by atoms with Gasteiger partial charge in [-0.25, -0.2) is 0 Å². The van der Waals surface area contributed by atoms with E-state index >= 15 is 0 Å². The smallest absolute Gasteiger partial charge is 0.276 e. The van der Waals surface area contributed by atoms with Crippen LogP contribution in [0, 0.1) is 10.1 Å². The highest BCUT2D eigenvalue weighted by Gasteiger charge is 2.41. The van der Waals surface area contributed by atoms with Crippen LogP contribution in [0.25, 0.3) is 0 Å². The molecule has 1 aliphatic heterocycles. The highest BCUT2D eigenvalue weighted by molar-refractivity contribution is 5.42. The van der Waals surface area contributed by atoms with Crippen molar-refractivity contribution >= 4 is 5.69 Å². The molecule has 3 atom stereocenters. The minimum Gasteiger partial charge on any atom is -0.349 e. The van der Waals surface area contributed by atoms with Crippen molar-refractivity contribution in [2.24, 2.45) is 0 Å². The van der Waals surface area contributed by atoms with E-state index in [1.807, 2.05) is 42.3 Å². The quantitative estimate of drug-likeness (QED) is 0.640. The Morgan fingerprint density at radius 1 is 1.09 bits per heavy atom. The molecule has 5 nitrogen and oxygen atoms in total. The Morgan fingerprint density at radius 2 is 1.73 bits per heavy atom. The second-order valence-electron chi connectivity index (χ2n) is 5.54. The van der Waals surface area contributed by atoms with Gasteiger partial charge in [-0.05, 0) is 25.6 Å². The number of hydrogen-bond donors (Lipinski definition) is 0. The second kappa shape index (κ2) is 5.87. The van der Waals surface area contributed by atoms with Crippen molar-refractivity contribution < 1.29 is 9.66 Å². The minimum absolute atomic E-state index is 0.0975. The maximum Gasteiger partial charge on any atom is 0.276 e. The van der Waals surface area contributed by atoms with Crippen LogP contribution in [0.3, 0.4) is 0 Å². The summed E-state index contributed by atoms with van der Waals surface area (Å²) >= 11 is 0. The molecule has 2 aromatic rings. The van der Waals surface area contributed by atoms with E-state index < -0.39 is 6.23 Å². The summed E-state index contributed by atoms with van der Waals surface area (Å²) in [6.07, 6.45) is -0.516. The number of ether oxygens (including phenoxy) is 1. The summed E-state index contributed by atoms with van der Waals surface area (Å²) < 4.78 is 6.17. The summed E-state index contributed by atoms with van der Waals surface area (Å²) in [6, 6.07) is 16.9. The second-order valence-corrected chi connectivity index (χ2v) is 5.54. The lowest BCUT2D eigenvalue weighted by Gasteiger charge is -2.21. The van der Waals surface area contributed by atoms with Gasteiger partial charge in [0.25, 0.3) is 5.69 Å². The van der Waals surface area contributed by atoms with Gasteiger partial charge in [0.05, 0.1) is 10.5 Å². The molecule has 0 amide bonds. The standard InChI is InChI=1S/C17H18N2O3/c1-12-16(13-8-4-3-5-9-13)22-17(18(12)2)14-10-6-7-11-15(14)19(20)21/h3-12,16-17H,1-2H3. The number of para-hydroxylation sites is 1. The third-order valence-electron chi connectivity index (χ3n) is 4.25. The minimum atomic E-state index is -0.415. The van der Waals surface area contributed by atoms with E-state index in [1.54, 1.807) is 18.2 Å². The van der Waals surface area contributed by atoms with Crippen LogP contribution >= 0.6 is 0 Å². The zero-order valence-electron chi connectivity index (χ0n) is 12.5. The molecule has 3 unspecified atom stereocenters. The fourth-order valence-electron chi connectivity index (χ4n) is 2.93. The lowest BCUT2D eigenvalue weighted by molar-refractivity contribution is -0.386. The van der Waals surface area contributed by atoms with Crippen LogP contribution < -0.4 is 0 Å². The Kier molecular flexibility index (Phi) is 3.92. The summed E-state index contributed by atoms with van der Waals surface area (Å²) in [6.45, 7) is 2.08. The summed E-state index contributed by atoms with van der Waals surface area (Å²) in [5.41, 5.74) is 1.78. The predicted molar refractivity (Wildman–Crippen MR) is 83.3 cm³/mol. The molecule has 0 bridgehead atoms. The zero-order chi connectivity index (χ0) is 15.7. The molecule has 0 saturated carbocycles. The first-order valence-corrected chi connectivity index (χ1v) is 7.25. The van der Waals surface area contributed by atoms with Crippen molar-refractivity contribution in [1.82, 2.24) is 4.90 Å². The van der Waals surface area contributed by atoms with Crippen LogP contribution in [-0.2, 0) is 4.74 Å². The molecule has 1 aliphatic rings. The summed E-state index contributed by atoms with van der Waals surface area (Å²) in [5.74, 6) is 0. The van der Waals surface area contributed by atoms with Crippen molar-refractivity contribution in [3.05, 3.63) is 75.8 Å². The third-order valence-corrected chi connectivity index (χ3v) is 4.25. The van der Waals surface area contributed by atoms with Crippen LogP contribution in [0.4, 0.5) is 5.69 Å². The zero-order valence-corrected chi connectivity index (χ0v) is 12.5. The average molecular weight is 298 g/mol. The molecule has 2 aromatic carbocycles. The van der Waals surface area contributed by atoms with E-state index in [4.69, 9.17) is 4.74 Å². The van der Waals surface area contributed by atoms with E-state index in [0.29, 0.717) is 5.56 Å². The topological polar surface area (TPSA) is 55.6 Å². The van der Waals surface area contributed by atoms with E-state index in [9.17, 15) is 10.1 Å². The molecule has 22 heavy (non-hydrogen) atoms. The largest absolute Gasteiger partial charge is 0.349 e. The molecule has 1 saturated heterocycles. The lowest BCUT2D eigenvalue weighted by atomic mass is 10.0. The van der Waals surface area contributed by atoms with Gasteiger partial charge in [0, 0.05) is 12.1 Å². The van der Waals surface area contributed by atoms with Gasteiger partial charge < -0.3 is 4.74 Å². The SMILES string of the molecule is CC1C(c2ccccc2)OC(c2ccccc2[N+](=O)[O-])N1C. The maximum absolute atomic E-state index is 11.2. The lowest BCUT2D eigenvalue weighted by Crippen LogP contribution is -2.27. The van der Waals surface area contributed by atoms with Crippen molar-refractivity contribution in [2.75, 3.05) is 7.05 Å². The number of benzene rings is 2. The Balaban J connectivity index is 1.95. The van der Waals surface area contributed by atoms with E-state index in [2.05, 4.69) is 6.92 Å². The first-order chi connectivity index (χ1) is 10.6. The molecule has 1 heterocycles. The van der Waals surface area contributed by atoms with Gasteiger partial charge >= 0.3 is 0 Å². The fourth-order valence-corrected chi connectivity index (χ4v) is 2.93. The summed E-state index contributed by atoms with van der Waals surface area (Å²) in [4.78, 5) is 12.9. The molecular formula is C17H18N2O3. The van der Waals surface area contributed by atoms with E-state index in [1.165, 1.54) is 6.07 Å². The molecule has 0 N–H and O–H groups in total. The number of nitro benzene ring substituents is 1. The molecule has 114 valence electrons. The first-order valence-electron chi connectivity index (χ1n) is 7.25. The Bertz CT molecular complexity index is 675. The van der Waals surface area contributed by atoms with Gasteiger partial charge in [0.2, 0.25) is 0 Å². The van der Waals surface area contributed by atoms with Crippen LogP contribution in [0.1, 0.15) is 30.4 Å². The summed E-state index contributed by atoms with van der Waals surface area (Å²) in [5, 5.41) is 11.2. The molecule has 0 radical (unpaired) electrons. The van der Waals surface area contributed by atoms with Crippen molar-refractivity contribution in [3.63, 3.8) is 0 Å². The van der Waals surface area contributed by atoms with E-state index in [0.717, 1.165) is 5.56 Å². The van der Waals surface area contributed by atoms with Crippen molar-refractivity contribution in [3.8, 4) is 0 Å². The van der Waals surface area contributed by atoms with Gasteiger partial charge in [0.1, 0.15) is 12.3 Å². The van der Waals surface area contributed by atoms with Gasteiger partial charge in [-0.2, -0.15) is 0 Å². The van der Waals surface area contributed by atoms with Crippen LogP contribution in [-0.4, -0.2) is 22.9 Å². The van der Waals surface area contributed by atoms with Crippen molar-refractivity contribution in [1.29, 1.82) is 0 Å². The molecule has 0 spiro atoms. The molecule has 1 fully saturated rings. The average Bonchev–Trinajstić information content (AvgIpc) is 2.84. The highest BCUT2D eigenvalue weighted by atomic mass is 16.6. The van der Waals surface area contributed by atoms with Crippen LogP contribution in [0.15, 0.2) is 54.6 Å². The molecule has 0 aliphatic carbocycles. The molecule has 0 aromatic heterocycles. The monoisotopic (exact) mass is 298 g/mol. The Labute approximate surface area is 129 Å². The number of likely N-dealkylation sites (N-methyl/N-ethyl adjacent to an activating group) is 1. The normalized spacial score (nSPS) is 25.3. The predicted octanol–water partition coefficient (Wildman–Crippen LogP) is 3.69.